The van der Waals surface area contributed by atoms with E-state index in [0.29, 0.717) is 22.2 Å². The molecule has 0 saturated carbocycles. The number of benzene rings is 2. The number of rotatable bonds is 6. The Bertz CT molecular complexity index is 776. The average molecular weight is 458 g/mol. The molecule has 2 aromatic rings. The molecule has 0 fully saturated rings. The lowest BCUT2D eigenvalue weighted by Crippen LogP contribution is -2.47. The van der Waals surface area contributed by atoms with Crippen LogP contribution in [-0.2, 0) is 22.6 Å². The van der Waals surface area contributed by atoms with E-state index < -0.39 is 6.04 Å². The third kappa shape index (κ3) is 5.22. The van der Waals surface area contributed by atoms with Gasteiger partial charge in [0, 0.05) is 28.1 Å². The van der Waals surface area contributed by atoms with Gasteiger partial charge in [0.1, 0.15) is 6.04 Å². The summed E-state index contributed by atoms with van der Waals surface area (Å²) in [6.07, 6.45) is 0.0242. The normalized spacial score (nSPS) is 11.7. The smallest absolute Gasteiger partial charge is 0.242 e. The number of hydrogen-bond donors (Lipinski definition) is 1. The number of halogens is 3. The van der Waals surface area contributed by atoms with E-state index in [2.05, 4.69) is 21.2 Å². The van der Waals surface area contributed by atoms with Gasteiger partial charge in [0.05, 0.1) is 6.42 Å². The predicted molar refractivity (Wildman–Crippen MR) is 108 cm³/mol. The van der Waals surface area contributed by atoms with Crippen LogP contribution in [0.5, 0.6) is 0 Å². The van der Waals surface area contributed by atoms with Gasteiger partial charge in [-0.05, 0) is 42.3 Å². The summed E-state index contributed by atoms with van der Waals surface area (Å²) < 4.78 is 0.946. The minimum absolute atomic E-state index is 0.0242. The lowest BCUT2D eigenvalue weighted by atomic mass is 10.1. The van der Waals surface area contributed by atoms with E-state index >= 15 is 0 Å². The topological polar surface area (TPSA) is 49.4 Å². The van der Waals surface area contributed by atoms with Crippen molar-refractivity contribution < 1.29 is 9.59 Å². The monoisotopic (exact) mass is 456 g/mol. The van der Waals surface area contributed by atoms with Crippen molar-refractivity contribution in [2.24, 2.45) is 0 Å². The van der Waals surface area contributed by atoms with Crippen LogP contribution < -0.4 is 5.32 Å². The van der Waals surface area contributed by atoms with Crippen LogP contribution in [-0.4, -0.2) is 29.8 Å². The molecule has 0 radical (unpaired) electrons. The zero-order valence-corrected chi connectivity index (χ0v) is 17.5. The summed E-state index contributed by atoms with van der Waals surface area (Å²) in [5, 5.41) is 3.45. The maximum absolute atomic E-state index is 13.0. The summed E-state index contributed by atoms with van der Waals surface area (Å²) in [5.41, 5.74) is 1.48. The molecule has 0 aromatic heterocycles. The van der Waals surface area contributed by atoms with Gasteiger partial charge in [0.15, 0.2) is 0 Å². The fourth-order valence-electron chi connectivity index (χ4n) is 2.53. The maximum Gasteiger partial charge on any atom is 0.242 e. The van der Waals surface area contributed by atoms with Crippen LogP contribution in [0.3, 0.4) is 0 Å². The van der Waals surface area contributed by atoms with Crippen molar-refractivity contribution >= 4 is 50.9 Å². The van der Waals surface area contributed by atoms with Crippen LogP contribution in [0.15, 0.2) is 46.9 Å². The van der Waals surface area contributed by atoms with E-state index in [1.807, 2.05) is 24.3 Å². The number of nitrogens with one attached hydrogen (secondary N) is 1. The summed E-state index contributed by atoms with van der Waals surface area (Å²) in [4.78, 5) is 26.6. The quantitative estimate of drug-likeness (QED) is 0.695. The molecule has 0 bridgehead atoms. The number of nitrogens with zero attached hydrogens (tertiary/aromatic N) is 1. The van der Waals surface area contributed by atoms with Crippen LogP contribution in [0.1, 0.15) is 18.1 Å². The Morgan fingerprint density at radius 1 is 1.12 bits per heavy atom. The van der Waals surface area contributed by atoms with Crippen molar-refractivity contribution in [2.45, 2.75) is 25.9 Å². The fourth-order valence-corrected chi connectivity index (χ4v) is 3.33. The van der Waals surface area contributed by atoms with Crippen molar-refractivity contribution in [3.63, 3.8) is 0 Å². The van der Waals surface area contributed by atoms with Crippen molar-refractivity contribution in [1.29, 1.82) is 0 Å². The Labute approximate surface area is 171 Å². The molecule has 0 aliphatic heterocycles. The second-order valence-electron chi connectivity index (χ2n) is 5.82. The molecule has 4 nitrogen and oxygen atoms in total. The second-order valence-corrected chi connectivity index (χ2v) is 7.55. The molecule has 0 unspecified atom stereocenters. The third-order valence-electron chi connectivity index (χ3n) is 4.07. The van der Waals surface area contributed by atoms with Gasteiger partial charge in [-0.25, -0.2) is 0 Å². The van der Waals surface area contributed by atoms with Gasteiger partial charge in [-0.2, -0.15) is 0 Å². The van der Waals surface area contributed by atoms with Gasteiger partial charge < -0.3 is 10.2 Å². The molecule has 1 N–H and O–H groups in total. The van der Waals surface area contributed by atoms with Crippen LogP contribution in [0.4, 0.5) is 0 Å². The van der Waals surface area contributed by atoms with Gasteiger partial charge in [0.2, 0.25) is 11.8 Å². The lowest BCUT2D eigenvalue weighted by Gasteiger charge is -2.28. The highest BCUT2D eigenvalue weighted by Gasteiger charge is 2.26. The maximum atomic E-state index is 13.0. The molecule has 0 saturated heterocycles. The van der Waals surface area contributed by atoms with E-state index in [-0.39, 0.29) is 18.2 Å². The summed E-state index contributed by atoms with van der Waals surface area (Å²) in [6, 6.07) is 12.1. The third-order valence-corrected chi connectivity index (χ3v) is 5.31. The number of likely N-dealkylation sites (N-methyl/N-ethyl adjacent to an activating group) is 1. The molecule has 1 atom stereocenters. The number of carbonyl (C=O) groups excluding carboxylic acids is 2. The largest absolute Gasteiger partial charge is 0.357 e. The molecule has 0 aliphatic rings. The summed E-state index contributed by atoms with van der Waals surface area (Å²) >= 11 is 15.8. The Kier molecular flexibility index (Phi) is 7.50. The van der Waals surface area contributed by atoms with E-state index in [1.54, 1.807) is 32.2 Å². The Morgan fingerprint density at radius 3 is 2.23 bits per heavy atom. The first kappa shape index (κ1) is 20.7. The Hall–Kier alpha value is -1.56. The summed E-state index contributed by atoms with van der Waals surface area (Å²) in [7, 11) is 1.55. The van der Waals surface area contributed by atoms with Crippen LogP contribution >= 0.6 is 39.1 Å². The molecule has 0 spiro atoms. The SMILES string of the molecule is CNC(=O)[C@@H](C)N(Cc1ccc(Br)cc1)C(=O)Cc1c(Cl)cccc1Cl. The zero-order valence-electron chi connectivity index (χ0n) is 14.4. The molecule has 0 aliphatic carbocycles. The minimum Gasteiger partial charge on any atom is -0.357 e. The van der Waals surface area contributed by atoms with Gasteiger partial charge in [-0.15, -0.1) is 0 Å². The van der Waals surface area contributed by atoms with E-state index in [1.165, 1.54) is 4.90 Å². The number of hydrogen-bond acceptors (Lipinski definition) is 2. The fraction of sp³-hybridized carbons (Fsp3) is 0.263. The predicted octanol–water partition coefficient (Wildman–Crippen LogP) is 4.46. The zero-order chi connectivity index (χ0) is 19.3. The standard InChI is InChI=1S/C19H19BrCl2N2O2/c1-12(19(26)23-2)24(11-13-6-8-14(20)9-7-13)18(25)10-15-16(21)4-3-5-17(15)22/h3-9,12H,10-11H2,1-2H3,(H,23,26)/t12-/m1/s1. The van der Waals surface area contributed by atoms with Crippen molar-refractivity contribution in [1.82, 2.24) is 10.2 Å². The first-order valence-electron chi connectivity index (χ1n) is 8.02. The Balaban J connectivity index is 2.28. The minimum atomic E-state index is -0.627. The van der Waals surface area contributed by atoms with Crippen LogP contribution in [0, 0.1) is 0 Å². The van der Waals surface area contributed by atoms with Gasteiger partial charge >= 0.3 is 0 Å². The highest BCUT2D eigenvalue weighted by atomic mass is 79.9. The second kappa shape index (κ2) is 9.40. The molecule has 7 heteroatoms. The number of amides is 2. The highest BCUT2D eigenvalue weighted by Crippen LogP contribution is 2.26. The van der Waals surface area contributed by atoms with E-state index in [9.17, 15) is 9.59 Å². The van der Waals surface area contributed by atoms with Crippen molar-refractivity contribution in [3.05, 3.63) is 68.1 Å². The Morgan fingerprint density at radius 2 is 1.69 bits per heavy atom. The van der Waals surface area contributed by atoms with Crippen LogP contribution in [0.2, 0.25) is 10.0 Å². The molecule has 2 rings (SSSR count). The summed E-state index contributed by atoms with van der Waals surface area (Å²) in [6.45, 7) is 2.01. The highest BCUT2D eigenvalue weighted by molar-refractivity contribution is 9.10. The molecule has 0 heterocycles. The molecule has 138 valence electrons. The van der Waals surface area contributed by atoms with Gasteiger partial charge in [-0.1, -0.05) is 57.3 Å². The number of carbonyl (C=O) groups is 2. The molecule has 2 amide bonds. The molecule has 2 aromatic carbocycles. The lowest BCUT2D eigenvalue weighted by molar-refractivity contribution is -0.139. The van der Waals surface area contributed by atoms with Gasteiger partial charge in [-0.3, -0.25) is 9.59 Å². The van der Waals surface area contributed by atoms with Crippen molar-refractivity contribution in [2.75, 3.05) is 7.05 Å². The first-order chi connectivity index (χ1) is 12.3. The van der Waals surface area contributed by atoms with Gasteiger partial charge in [0.25, 0.3) is 0 Å². The molecular formula is C19H19BrCl2N2O2. The average Bonchev–Trinajstić information content (AvgIpc) is 2.63. The first-order valence-corrected chi connectivity index (χ1v) is 9.56. The van der Waals surface area contributed by atoms with Crippen LogP contribution in [0.25, 0.3) is 0 Å². The van der Waals surface area contributed by atoms with E-state index in [0.717, 1.165) is 10.0 Å². The molecular weight excluding hydrogens is 439 g/mol. The molecule has 26 heavy (non-hydrogen) atoms. The van der Waals surface area contributed by atoms with Crippen molar-refractivity contribution in [3.8, 4) is 0 Å². The van der Waals surface area contributed by atoms with E-state index in [4.69, 9.17) is 23.2 Å². The summed E-state index contributed by atoms with van der Waals surface area (Å²) in [5.74, 6) is -0.459.